The van der Waals surface area contributed by atoms with Crippen LogP contribution in [-0.2, 0) is 0 Å². The predicted molar refractivity (Wildman–Crippen MR) is 84.3 cm³/mol. The summed E-state index contributed by atoms with van der Waals surface area (Å²) >= 11 is 0. The third kappa shape index (κ3) is 2.84. The van der Waals surface area contributed by atoms with Crippen molar-refractivity contribution >= 4 is 11.6 Å². The molecule has 3 rings (SSSR count). The van der Waals surface area contributed by atoms with Crippen LogP contribution in [0.25, 0.3) is 0 Å². The van der Waals surface area contributed by atoms with E-state index in [9.17, 15) is 5.11 Å². The van der Waals surface area contributed by atoms with Gasteiger partial charge in [0.25, 0.3) is 0 Å². The minimum Gasteiger partial charge on any atom is -0.389 e. The van der Waals surface area contributed by atoms with Crippen LogP contribution in [0.3, 0.4) is 0 Å². The summed E-state index contributed by atoms with van der Waals surface area (Å²) in [5, 5.41) is 10.8. The zero-order valence-electron chi connectivity index (χ0n) is 13.0. The Bertz CT molecular complexity index is 519. The maximum atomic E-state index is 10.8. The minimum absolute atomic E-state index is 0.267. The van der Waals surface area contributed by atoms with Gasteiger partial charge in [-0.2, -0.15) is 0 Å². The normalized spacial score (nSPS) is 29.5. The van der Waals surface area contributed by atoms with Crippen molar-refractivity contribution in [3.05, 3.63) is 11.9 Å². The van der Waals surface area contributed by atoms with E-state index in [1.165, 1.54) is 6.42 Å². The van der Waals surface area contributed by atoms with Gasteiger partial charge in [0.05, 0.1) is 5.60 Å². The summed E-state index contributed by atoms with van der Waals surface area (Å²) in [7, 11) is 0. The highest BCUT2D eigenvalue weighted by Gasteiger charge is 2.43. The Morgan fingerprint density at radius 1 is 1.33 bits per heavy atom. The molecule has 1 aromatic heterocycles. The van der Waals surface area contributed by atoms with Gasteiger partial charge in [0.1, 0.15) is 17.5 Å². The van der Waals surface area contributed by atoms with Gasteiger partial charge >= 0.3 is 0 Å². The van der Waals surface area contributed by atoms with Crippen molar-refractivity contribution < 1.29 is 5.11 Å². The van der Waals surface area contributed by atoms with Crippen molar-refractivity contribution in [3.63, 3.8) is 0 Å². The van der Waals surface area contributed by atoms with Crippen LogP contribution in [0.15, 0.2) is 6.07 Å². The lowest BCUT2D eigenvalue weighted by Gasteiger charge is -2.47. The Morgan fingerprint density at radius 3 is 2.90 bits per heavy atom. The molecule has 2 aliphatic rings. The number of nitrogen functional groups attached to an aromatic ring is 1. The number of nitrogens with zero attached hydrogens (tertiary/aromatic N) is 3. The van der Waals surface area contributed by atoms with Gasteiger partial charge in [0, 0.05) is 31.0 Å². The van der Waals surface area contributed by atoms with E-state index in [1.54, 1.807) is 0 Å². The first-order chi connectivity index (χ1) is 9.98. The van der Waals surface area contributed by atoms with Crippen molar-refractivity contribution in [2.45, 2.75) is 57.5 Å². The van der Waals surface area contributed by atoms with Gasteiger partial charge in [-0.1, -0.05) is 26.7 Å². The molecule has 5 heteroatoms. The standard InChI is InChI=1S/C16H26N4O/c1-11(2)15-18-13(17)9-14(19-15)20-8-7-16(21)6-4-3-5-12(16)10-20/h9,11-12,21H,3-8,10H2,1-2H3,(H2,17,18,19). The number of aromatic nitrogens is 2. The highest BCUT2D eigenvalue weighted by Crippen LogP contribution is 2.40. The molecule has 1 aromatic rings. The second-order valence-corrected chi connectivity index (χ2v) is 6.91. The second kappa shape index (κ2) is 5.44. The van der Waals surface area contributed by atoms with E-state index in [1.807, 2.05) is 6.07 Å². The van der Waals surface area contributed by atoms with E-state index in [2.05, 4.69) is 28.7 Å². The molecule has 21 heavy (non-hydrogen) atoms. The maximum absolute atomic E-state index is 10.8. The second-order valence-electron chi connectivity index (χ2n) is 6.91. The number of fused-ring (bicyclic) bond motifs is 1. The number of aliphatic hydroxyl groups is 1. The Morgan fingerprint density at radius 2 is 2.14 bits per heavy atom. The molecule has 116 valence electrons. The number of hydrogen-bond donors (Lipinski definition) is 2. The van der Waals surface area contributed by atoms with Gasteiger partial charge in [0.15, 0.2) is 0 Å². The van der Waals surface area contributed by atoms with Gasteiger partial charge in [-0.3, -0.25) is 0 Å². The van der Waals surface area contributed by atoms with E-state index in [0.717, 1.165) is 50.4 Å². The number of nitrogens with two attached hydrogens (primary N) is 1. The smallest absolute Gasteiger partial charge is 0.135 e. The fraction of sp³-hybridized carbons (Fsp3) is 0.750. The molecule has 1 aliphatic heterocycles. The summed E-state index contributed by atoms with van der Waals surface area (Å²) < 4.78 is 0. The number of rotatable bonds is 2. The van der Waals surface area contributed by atoms with Crippen LogP contribution in [0.2, 0.25) is 0 Å². The van der Waals surface area contributed by atoms with Crippen molar-refractivity contribution in [1.29, 1.82) is 0 Å². The van der Waals surface area contributed by atoms with Crippen LogP contribution in [0, 0.1) is 5.92 Å². The third-order valence-electron chi connectivity index (χ3n) is 5.02. The molecule has 0 bridgehead atoms. The molecule has 3 N–H and O–H groups in total. The van der Waals surface area contributed by atoms with Gasteiger partial charge in [-0.15, -0.1) is 0 Å². The van der Waals surface area contributed by atoms with Gasteiger partial charge < -0.3 is 15.7 Å². The summed E-state index contributed by atoms with van der Waals surface area (Å²) in [6, 6.07) is 1.86. The first-order valence-electron chi connectivity index (χ1n) is 8.10. The molecular weight excluding hydrogens is 264 g/mol. The fourth-order valence-electron chi connectivity index (χ4n) is 3.67. The molecule has 0 spiro atoms. The summed E-state index contributed by atoms with van der Waals surface area (Å²) in [6.45, 7) is 5.88. The Hall–Kier alpha value is -1.36. The quantitative estimate of drug-likeness (QED) is 0.874. The highest BCUT2D eigenvalue weighted by molar-refractivity contribution is 5.48. The molecule has 5 nitrogen and oxygen atoms in total. The van der Waals surface area contributed by atoms with Crippen molar-refractivity contribution in [2.24, 2.45) is 5.92 Å². The molecule has 2 heterocycles. The van der Waals surface area contributed by atoms with Crippen LogP contribution in [0.4, 0.5) is 11.6 Å². The molecule has 2 unspecified atom stereocenters. The molecule has 1 aliphatic carbocycles. The van der Waals surface area contributed by atoms with Crippen LogP contribution in [0.5, 0.6) is 0 Å². The number of anilines is 2. The Kier molecular flexibility index (Phi) is 3.78. The maximum Gasteiger partial charge on any atom is 0.135 e. The van der Waals surface area contributed by atoms with E-state index in [0.29, 0.717) is 11.7 Å². The van der Waals surface area contributed by atoms with Crippen molar-refractivity contribution in [3.8, 4) is 0 Å². The summed E-state index contributed by atoms with van der Waals surface area (Å²) in [5.74, 6) is 2.88. The van der Waals surface area contributed by atoms with E-state index >= 15 is 0 Å². The third-order valence-corrected chi connectivity index (χ3v) is 5.02. The monoisotopic (exact) mass is 290 g/mol. The molecule has 0 amide bonds. The van der Waals surface area contributed by atoms with Gasteiger partial charge in [0.2, 0.25) is 0 Å². The van der Waals surface area contributed by atoms with Crippen molar-refractivity contribution in [2.75, 3.05) is 23.7 Å². The van der Waals surface area contributed by atoms with Crippen LogP contribution < -0.4 is 10.6 Å². The molecule has 1 saturated carbocycles. The summed E-state index contributed by atoms with van der Waals surface area (Å²) in [5.41, 5.74) is 5.48. The van der Waals surface area contributed by atoms with Gasteiger partial charge in [-0.25, -0.2) is 9.97 Å². The number of hydrogen-bond acceptors (Lipinski definition) is 5. The lowest BCUT2D eigenvalue weighted by molar-refractivity contribution is -0.0613. The first kappa shape index (κ1) is 14.6. The molecule has 2 atom stereocenters. The van der Waals surface area contributed by atoms with Crippen molar-refractivity contribution in [1.82, 2.24) is 9.97 Å². The first-order valence-corrected chi connectivity index (χ1v) is 8.10. The highest BCUT2D eigenvalue weighted by atomic mass is 16.3. The van der Waals surface area contributed by atoms with Crippen LogP contribution >= 0.6 is 0 Å². The molecule has 0 radical (unpaired) electrons. The van der Waals surface area contributed by atoms with E-state index in [4.69, 9.17) is 5.73 Å². The molecular formula is C16H26N4O. The molecule has 0 aromatic carbocycles. The lowest BCUT2D eigenvalue weighted by Crippen LogP contribution is -2.53. The lowest BCUT2D eigenvalue weighted by atomic mass is 9.71. The number of piperidine rings is 1. The zero-order valence-corrected chi connectivity index (χ0v) is 13.0. The molecule has 1 saturated heterocycles. The fourth-order valence-corrected chi connectivity index (χ4v) is 3.67. The minimum atomic E-state index is -0.450. The summed E-state index contributed by atoms with van der Waals surface area (Å²) in [6.07, 6.45) is 5.28. The SMILES string of the molecule is CC(C)c1nc(N)cc(N2CCC3(O)CCCCC3C2)n1. The Labute approximate surface area is 126 Å². The molecule has 2 fully saturated rings. The average molecular weight is 290 g/mol. The van der Waals surface area contributed by atoms with Crippen LogP contribution in [-0.4, -0.2) is 33.8 Å². The van der Waals surface area contributed by atoms with Gasteiger partial charge in [-0.05, 0) is 19.3 Å². The van der Waals surface area contributed by atoms with Crippen LogP contribution in [0.1, 0.15) is 57.7 Å². The average Bonchev–Trinajstić information content (AvgIpc) is 2.45. The largest absolute Gasteiger partial charge is 0.389 e. The van der Waals surface area contributed by atoms with E-state index in [-0.39, 0.29) is 5.92 Å². The zero-order chi connectivity index (χ0) is 15.0. The topological polar surface area (TPSA) is 75.3 Å². The van der Waals surface area contributed by atoms with E-state index < -0.39 is 5.60 Å². The predicted octanol–water partition coefficient (Wildman–Crippen LogP) is 2.31. The summed E-state index contributed by atoms with van der Waals surface area (Å²) in [4.78, 5) is 11.3. The Balaban J connectivity index is 1.82.